The van der Waals surface area contributed by atoms with E-state index < -0.39 is 5.97 Å². The molecule has 2 heterocycles. The molecule has 1 unspecified atom stereocenters. The average Bonchev–Trinajstić information content (AvgIpc) is 3.27. The van der Waals surface area contributed by atoms with Crippen molar-refractivity contribution in [1.82, 2.24) is 9.30 Å². The molecular weight excluding hydrogens is 466 g/mol. The number of carbonyl (C=O) groups is 3. The van der Waals surface area contributed by atoms with Crippen molar-refractivity contribution in [2.24, 2.45) is 11.7 Å². The monoisotopic (exact) mass is 505 g/mol. The largest absolute Gasteiger partial charge is 0.468 e. The number of hydrogen-bond acceptors (Lipinski definition) is 5. The summed E-state index contributed by atoms with van der Waals surface area (Å²) in [6.45, 7) is 9.95. The number of nitrogens with two attached hydrogens (primary N) is 1. The third kappa shape index (κ3) is 6.46. The number of fused-ring (bicyclic) bond motifs is 1. The highest BCUT2D eigenvalue weighted by Crippen LogP contribution is 2.24. The number of carbonyl (C=O) groups excluding carboxylic acids is 3. The van der Waals surface area contributed by atoms with Crippen LogP contribution < -0.4 is 5.73 Å². The molecule has 0 aliphatic carbocycles. The molecule has 0 saturated carbocycles. The van der Waals surface area contributed by atoms with Crippen molar-refractivity contribution < 1.29 is 19.1 Å². The first-order valence-electron chi connectivity index (χ1n) is 13.0. The van der Waals surface area contributed by atoms with Gasteiger partial charge in [-0.05, 0) is 68.4 Å². The highest BCUT2D eigenvalue weighted by Gasteiger charge is 2.24. The van der Waals surface area contributed by atoms with Gasteiger partial charge in [0.25, 0.3) is 5.91 Å². The Bertz CT molecular complexity index is 1260. The number of ether oxygens (including phenoxy) is 1. The van der Waals surface area contributed by atoms with E-state index >= 15 is 0 Å². The molecule has 0 aliphatic rings. The Labute approximate surface area is 219 Å². The number of esters is 1. The van der Waals surface area contributed by atoms with Gasteiger partial charge in [0.2, 0.25) is 5.78 Å². The van der Waals surface area contributed by atoms with E-state index in [0.29, 0.717) is 29.2 Å². The summed E-state index contributed by atoms with van der Waals surface area (Å²) in [6.07, 6.45) is 4.38. The normalized spacial score (nSPS) is 12.2. The zero-order chi connectivity index (χ0) is 27.3. The van der Waals surface area contributed by atoms with Crippen molar-refractivity contribution in [1.29, 1.82) is 0 Å². The highest BCUT2D eigenvalue weighted by molar-refractivity contribution is 6.10. The van der Waals surface area contributed by atoms with Crippen LogP contribution in [0.25, 0.3) is 5.52 Å². The number of aromatic nitrogens is 1. The Hall–Kier alpha value is -3.45. The maximum atomic E-state index is 13.6. The van der Waals surface area contributed by atoms with Gasteiger partial charge in [0.15, 0.2) is 0 Å². The van der Waals surface area contributed by atoms with Gasteiger partial charge in [-0.15, -0.1) is 0 Å². The van der Waals surface area contributed by atoms with Gasteiger partial charge in [-0.3, -0.25) is 14.4 Å². The van der Waals surface area contributed by atoms with Crippen LogP contribution in [-0.2, 0) is 16.0 Å². The maximum Gasteiger partial charge on any atom is 0.325 e. The molecule has 2 N–H and O–H groups in total. The molecule has 0 bridgehead atoms. The summed E-state index contributed by atoms with van der Waals surface area (Å²) in [4.78, 5) is 40.1. The minimum Gasteiger partial charge on any atom is -0.468 e. The van der Waals surface area contributed by atoms with Crippen LogP contribution in [0, 0.1) is 5.92 Å². The predicted octanol–water partition coefficient (Wildman–Crippen LogP) is 5.19. The number of pyridine rings is 1. The fourth-order valence-corrected chi connectivity index (χ4v) is 4.45. The molecule has 7 nitrogen and oxygen atoms in total. The lowest BCUT2D eigenvalue weighted by atomic mass is 9.96. The van der Waals surface area contributed by atoms with Crippen molar-refractivity contribution in [2.45, 2.75) is 66.0 Å². The Morgan fingerprint density at radius 1 is 0.973 bits per heavy atom. The second-order valence-corrected chi connectivity index (χ2v) is 10.2. The van der Waals surface area contributed by atoms with Crippen LogP contribution in [0.15, 0.2) is 48.7 Å². The second-order valence-electron chi connectivity index (χ2n) is 10.2. The standard InChI is InChI=1S/C30H39N3O4/c1-7-21-16-25-17-24(30(36)33(20(4)5)18-27(34)37-6)14-15-32(25)28(21)29(35)23-11-9-22(10-12-23)26(31)13-8-19(2)3/h9-12,14-17,19-20,26H,7-8,13,18,31H2,1-6H3. The fraction of sp³-hybridized carbons (Fsp3) is 0.433. The van der Waals surface area contributed by atoms with Gasteiger partial charge in [0.1, 0.15) is 6.54 Å². The Morgan fingerprint density at radius 3 is 2.22 bits per heavy atom. The lowest BCUT2D eigenvalue weighted by Gasteiger charge is -2.25. The van der Waals surface area contributed by atoms with Crippen molar-refractivity contribution >= 4 is 23.2 Å². The summed E-state index contributed by atoms with van der Waals surface area (Å²) in [5, 5.41) is 0. The molecule has 0 spiro atoms. The summed E-state index contributed by atoms with van der Waals surface area (Å²) in [5.41, 5.74) is 10.7. The van der Waals surface area contributed by atoms with E-state index in [4.69, 9.17) is 10.5 Å². The molecule has 3 aromatic rings. The first-order valence-corrected chi connectivity index (χ1v) is 13.0. The van der Waals surface area contributed by atoms with E-state index in [9.17, 15) is 14.4 Å². The molecule has 1 atom stereocenters. The molecule has 7 heteroatoms. The van der Waals surface area contributed by atoms with Crippen LogP contribution in [0.1, 0.15) is 91.0 Å². The minimum atomic E-state index is -0.473. The van der Waals surface area contributed by atoms with Crippen LogP contribution in [0.3, 0.4) is 0 Å². The number of amides is 1. The number of ketones is 1. The van der Waals surface area contributed by atoms with E-state index in [1.54, 1.807) is 18.3 Å². The zero-order valence-electron chi connectivity index (χ0n) is 22.8. The van der Waals surface area contributed by atoms with Crippen molar-refractivity contribution in [3.63, 3.8) is 0 Å². The molecule has 1 aromatic carbocycles. The maximum absolute atomic E-state index is 13.6. The molecule has 198 valence electrons. The molecule has 0 saturated heterocycles. The molecule has 0 aliphatic heterocycles. The van der Waals surface area contributed by atoms with Crippen LogP contribution in [-0.4, -0.2) is 46.7 Å². The average molecular weight is 506 g/mol. The molecule has 37 heavy (non-hydrogen) atoms. The fourth-order valence-electron chi connectivity index (χ4n) is 4.45. The van der Waals surface area contributed by atoms with Crippen LogP contribution in [0.5, 0.6) is 0 Å². The summed E-state index contributed by atoms with van der Waals surface area (Å²) >= 11 is 0. The number of hydrogen-bond donors (Lipinski definition) is 1. The highest BCUT2D eigenvalue weighted by atomic mass is 16.5. The molecule has 0 radical (unpaired) electrons. The van der Waals surface area contributed by atoms with Gasteiger partial charge < -0.3 is 19.8 Å². The lowest BCUT2D eigenvalue weighted by molar-refractivity contribution is -0.141. The topological polar surface area (TPSA) is 94.1 Å². The van der Waals surface area contributed by atoms with Crippen LogP contribution >= 0.6 is 0 Å². The van der Waals surface area contributed by atoms with E-state index in [1.165, 1.54) is 12.0 Å². The van der Waals surface area contributed by atoms with Gasteiger partial charge in [-0.2, -0.15) is 0 Å². The van der Waals surface area contributed by atoms with Gasteiger partial charge in [-0.1, -0.05) is 45.0 Å². The molecule has 3 rings (SSSR count). The third-order valence-electron chi connectivity index (χ3n) is 6.76. The van der Waals surface area contributed by atoms with Gasteiger partial charge >= 0.3 is 5.97 Å². The van der Waals surface area contributed by atoms with Crippen molar-refractivity contribution in [3.8, 4) is 0 Å². The van der Waals surface area contributed by atoms with Crippen molar-refractivity contribution in [3.05, 3.63) is 76.6 Å². The number of methoxy groups -OCH3 is 1. The van der Waals surface area contributed by atoms with E-state index in [2.05, 4.69) is 13.8 Å². The Morgan fingerprint density at radius 2 is 1.65 bits per heavy atom. The van der Waals surface area contributed by atoms with E-state index in [-0.39, 0.29) is 30.3 Å². The zero-order valence-corrected chi connectivity index (χ0v) is 22.8. The van der Waals surface area contributed by atoms with Crippen LogP contribution in [0.2, 0.25) is 0 Å². The second kappa shape index (κ2) is 12.2. The third-order valence-corrected chi connectivity index (χ3v) is 6.76. The molecule has 1 amide bonds. The summed E-state index contributed by atoms with van der Waals surface area (Å²) in [5.74, 6) is -0.217. The summed E-state index contributed by atoms with van der Waals surface area (Å²) < 4.78 is 6.58. The minimum absolute atomic E-state index is 0.0487. The van der Waals surface area contributed by atoms with E-state index in [1.807, 2.05) is 55.5 Å². The first-order chi connectivity index (χ1) is 17.6. The number of benzene rings is 1. The number of rotatable bonds is 11. The SMILES string of the molecule is CCc1cc2cc(C(=O)N(CC(=O)OC)C(C)C)ccn2c1C(=O)c1ccc(C(N)CCC(C)C)cc1. The Balaban J connectivity index is 1.91. The van der Waals surface area contributed by atoms with Gasteiger partial charge in [0, 0.05) is 34.9 Å². The number of nitrogens with zero attached hydrogens (tertiary/aromatic N) is 2. The quantitative estimate of drug-likeness (QED) is 0.286. The lowest BCUT2D eigenvalue weighted by Crippen LogP contribution is -2.41. The summed E-state index contributed by atoms with van der Waals surface area (Å²) in [6, 6.07) is 12.7. The predicted molar refractivity (Wildman–Crippen MR) is 146 cm³/mol. The number of aryl methyl sites for hydroxylation is 1. The summed E-state index contributed by atoms with van der Waals surface area (Å²) in [7, 11) is 1.30. The molecule has 2 aromatic heterocycles. The van der Waals surface area contributed by atoms with Crippen molar-refractivity contribution in [2.75, 3.05) is 13.7 Å². The van der Waals surface area contributed by atoms with Crippen LogP contribution in [0.4, 0.5) is 0 Å². The molecular formula is C30H39N3O4. The Kier molecular flexibility index (Phi) is 9.27. The van der Waals surface area contributed by atoms with E-state index in [0.717, 1.165) is 29.5 Å². The first kappa shape index (κ1) is 28.1. The molecule has 0 fully saturated rings. The van der Waals surface area contributed by atoms with Gasteiger partial charge in [0.05, 0.1) is 12.8 Å². The smallest absolute Gasteiger partial charge is 0.325 e. The van der Waals surface area contributed by atoms with Gasteiger partial charge in [-0.25, -0.2) is 0 Å².